The standard InChI is InChI=1S/C14H13N3OS/c1-10(12-5-2-4-11(8-12)9-15)18-17-14(16)13-6-3-7-19-13/h2-8,10H,1H3,(H2,16,17). The summed E-state index contributed by atoms with van der Waals surface area (Å²) in [5.41, 5.74) is 7.30. The number of hydrogen-bond acceptors (Lipinski definition) is 4. The molecule has 0 spiro atoms. The Morgan fingerprint density at radius 1 is 1.42 bits per heavy atom. The molecular formula is C14H13N3OS. The molecule has 1 aromatic carbocycles. The number of thiophene rings is 1. The zero-order valence-electron chi connectivity index (χ0n) is 10.4. The van der Waals surface area contributed by atoms with E-state index in [-0.39, 0.29) is 6.10 Å². The SMILES string of the molecule is CC(ON=C(N)c1cccs1)c1cccc(C#N)c1. The highest BCUT2D eigenvalue weighted by atomic mass is 32.1. The van der Waals surface area contributed by atoms with Gasteiger partial charge in [-0.2, -0.15) is 5.26 Å². The normalized spacial score (nSPS) is 12.7. The van der Waals surface area contributed by atoms with Crippen molar-refractivity contribution in [3.63, 3.8) is 0 Å². The van der Waals surface area contributed by atoms with Crippen LogP contribution in [-0.2, 0) is 4.84 Å². The van der Waals surface area contributed by atoms with Crippen molar-refractivity contribution in [2.24, 2.45) is 10.9 Å². The maximum absolute atomic E-state index is 8.85. The zero-order chi connectivity index (χ0) is 13.7. The molecular weight excluding hydrogens is 258 g/mol. The predicted molar refractivity (Wildman–Crippen MR) is 75.7 cm³/mol. The molecule has 0 amide bonds. The topological polar surface area (TPSA) is 71.4 Å². The van der Waals surface area contributed by atoms with Crippen molar-refractivity contribution < 1.29 is 4.84 Å². The predicted octanol–water partition coefficient (Wildman–Crippen LogP) is 3.02. The summed E-state index contributed by atoms with van der Waals surface area (Å²) in [6, 6.07) is 13.1. The Hall–Kier alpha value is -2.32. The van der Waals surface area contributed by atoms with Crippen molar-refractivity contribution in [2.75, 3.05) is 0 Å². The molecule has 2 rings (SSSR count). The molecule has 0 bridgehead atoms. The van der Waals surface area contributed by atoms with Gasteiger partial charge in [0.05, 0.1) is 16.5 Å². The molecule has 0 aliphatic heterocycles. The highest BCUT2D eigenvalue weighted by Gasteiger charge is 2.08. The first-order valence-electron chi connectivity index (χ1n) is 5.74. The first-order valence-corrected chi connectivity index (χ1v) is 6.62. The second-order valence-corrected chi connectivity index (χ2v) is 4.89. The van der Waals surface area contributed by atoms with Crippen LogP contribution in [0.3, 0.4) is 0 Å². The minimum absolute atomic E-state index is 0.258. The Morgan fingerprint density at radius 3 is 2.95 bits per heavy atom. The van der Waals surface area contributed by atoms with E-state index in [1.165, 1.54) is 11.3 Å². The van der Waals surface area contributed by atoms with Crippen LogP contribution in [0.15, 0.2) is 46.9 Å². The van der Waals surface area contributed by atoms with E-state index in [2.05, 4.69) is 11.2 Å². The summed E-state index contributed by atoms with van der Waals surface area (Å²) in [5, 5.41) is 14.7. The van der Waals surface area contributed by atoms with Gasteiger partial charge in [-0.1, -0.05) is 23.4 Å². The highest BCUT2D eigenvalue weighted by molar-refractivity contribution is 7.12. The summed E-state index contributed by atoms with van der Waals surface area (Å²) in [6.45, 7) is 1.86. The van der Waals surface area contributed by atoms with Gasteiger partial charge in [-0.05, 0) is 36.1 Å². The first-order chi connectivity index (χ1) is 9.20. The fourth-order valence-electron chi connectivity index (χ4n) is 1.53. The van der Waals surface area contributed by atoms with Crippen molar-refractivity contribution >= 4 is 17.2 Å². The second-order valence-electron chi connectivity index (χ2n) is 3.94. The van der Waals surface area contributed by atoms with E-state index in [1.807, 2.05) is 36.6 Å². The molecule has 1 unspecified atom stereocenters. The molecule has 0 aliphatic rings. The third kappa shape index (κ3) is 3.33. The van der Waals surface area contributed by atoms with Crippen molar-refractivity contribution in [3.05, 3.63) is 57.8 Å². The van der Waals surface area contributed by atoms with Crippen LogP contribution < -0.4 is 5.73 Å². The fraction of sp³-hybridized carbons (Fsp3) is 0.143. The van der Waals surface area contributed by atoms with E-state index in [9.17, 15) is 0 Å². The number of hydrogen-bond donors (Lipinski definition) is 1. The van der Waals surface area contributed by atoms with Crippen LogP contribution in [0.1, 0.15) is 29.0 Å². The minimum Gasteiger partial charge on any atom is -0.386 e. The molecule has 0 radical (unpaired) electrons. The lowest BCUT2D eigenvalue weighted by molar-refractivity contribution is 0.0722. The Kier molecular flexibility index (Phi) is 4.16. The molecule has 4 nitrogen and oxygen atoms in total. The molecule has 2 aromatic rings. The Balaban J connectivity index is 2.07. The molecule has 0 fully saturated rings. The monoisotopic (exact) mass is 271 g/mol. The van der Waals surface area contributed by atoms with Crippen LogP contribution in [-0.4, -0.2) is 5.84 Å². The van der Waals surface area contributed by atoms with E-state index in [4.69, 9.17) is 15.8 Å². The average Bonchev–Trinajstić information content (AvgIpc) is 2.98. The lowest BCUT2D eigenvalue weighted by Crippen LogP contribution is -2.12. The van der Waals surface area contributed by atoms with Gasteiger partial charge in [-0.15, -0.1) is 11.3 Å². The minimum atomic E-state index is -0.258. The van der Waals surface area contributed by atoms with Crippen LogP contribution in [0.2, 0.25) is 0 Å². The molecule has 0 saturated heterocycles. The smallest absolute Gasteiger partial charge is 0.180 e. The molecule has 5 heteroatoms. The van der Waals surface area contributed by atoms with E-state index in [1.54, 1.807) is 12.1 Å². The van der Waals surface area contributed by atoms with Crippen molar-refractivity contribution in [3.8, 4) is 6.07 Å². The molecule has 96 valence electrons. The number of benzene rings is 1. The summed E-state index contributed by atoms with van der Waals surface area (Å²) in [4.78, 5) is 6.25. The Labute approximate surface area is 115 Å². The molecule has 1 heterocycles. The van der Waals surface area contributed by atoms with Crippen LogP contribution in [0, 0.1) is 11.3 Å². The molecule has 1 aromatic heterocycles. The van der Waals surface area contributed by atoms with Gasteiger partial charge in [0, 0.05) is 0 Å². The zero-order valence-corrected chi connectivity index (χ0v) is 11.2. The molecule has 0 aliphatic carbocycles. The van der Waals surface area contributed by atoms with Gasteiger partial charge in [-0.25, -0.2) is 0 Å². The number of rotatable bonds is 4. The van der Waals surface area contributed by atoms with E-state index in [0.717, 1.165) is 10.4 Å². The average molecular weight is 271 g/mol. The van der Waals surface area contributed by atoms with E-state index < -0.39 is 0 Å². The van der Waals surface area contributed by atoms with Crippen LogP contribution in [0.5, 0.6) is 0 Å². The van der Waals surface area contributed by atoms with Crippen LogP contribution >= 0.6 is 11.3 Å². The number of oxime groups is 1. The Bertz CT molecular complexity index is 614. The van der Waals surface area contributed by atoms with E-state index >= 15 is 0 Å². The van der Waals surface area contributed by atoms with Gasteiger partial charge in [0.1, 0.15) is 6.10 Å². The summed E-state index contributed by atoms with van der Waals surface area (Å²) in [6.07, 6.45) is -0.258. The number of nitrogens with two attached hydrogens (primary N) is 1. The largest absolute Gasteiger partial charge is 0.386 e. The summed E-state index contributed by atoms with van der Waals surface area (Å²) < 4.78 is 0. The van der Waals surface area contributed by atoms with Gasteiger partial charge in [0.25, 0.3) is 0 Å². The Morgan fingerprint density at radius 2 is 2.26 bits per heavy atom. The molecule has 1 atom stereocenters. The van der Waals surface area contributed by atoms with Crippen molar-refractivity contribution in [1.82, 2.24) is 0 Å². The number of nitrogens with zero attached hydrogens (tertiary/aromatic N) is 2. The van der Waals surface area contributed by atoms with Gasteiger partial charge in [-0.3, -0.25) is 0 Å². The highest BCUT2D eigenvalue weighted by Crippen LogP contribution is 2.18. The van der Waals surface area contributed by atoms with E-state index in [0.29, 0.717) is 11.4 Å². The summed E-state index contributed by atoms with van der Waals surface area (Å²) >= 11 is 1.51. The van der Waals surface area contributed by atoms with Gasteiger partial charge < -0.3 is 10.6 Å². The fourth-order valence-corrected chi connectivity index (χ4v) is 2.15. The number of nitriles is 1. The third-order valence-corrected chi connectivity index (χ3v) is 3.46. The van der Waals surface area contributed by atoms with Crippen molar-refractivity contribution in [1.29, 1.82) is 5.26 Å². The van der Waals surface area contributed by atoms with Crippen LogP contribution in [0.4, 0.5) is 0 Å². The molecule has 0 saturated carbocycles. The summed E-state index contributed by atoms with van der Waals surface area (Å²) in [5.74, 6) is 0.360. The van der Waals surface area contributed by atoms with Gasteiger partial charge in [0.15, 0.2) is 5.84 Å². The third-order valence-electron chi connectivity index (χ3n) is 2.57. The quantitative estimate of drug-likeness (QED) is 0.528. The van der Waals surface area contributed by atoms with Crippen molar-refractivity contribution in [2.45, 2.75) is 13.0 Å². The second kappa shape index (κ2) is 6.03. The van der Waals surface area contributed by atoms with Crippen LogP contribution in [0.25, 0.3) is 0 Å². The lowest BCUT2D eigenvalue weighted by atomic mass is 10.1. The maximum Gasteiger partial charge on any atom is 0.180 e. The first kappa shape index (κ1) is 13.1. The number of amidine groups is 1. The molecule has 19 heavy (non-hydrogen) atoms. The molecule has 2 N–H and O–H groups in total. The van der Waals surface area contributed by atoms with Gasteiger partial charge >= 0.3 is 0 Å². The van der Waals surface area contributed by atoms with Gasteiger partial charge in [0.2, 0.25) is 0 Å². The lowest BCUT2D eigenvalue weighted by Gasteiger charge is -2.10. The maximum atomic E-state index is 8.85. The summed E-state index contributed by atoms with van der Waals surface area (Å²) in [7, 11) is 0.